The van der Waals surface area contributed by atoms with Gasteiger partial charge in [-0.3, -0.25) is 0 Å². The van der Waals surface area contributed by atoms with Gasteiger partial charge < -0.3 is 15.5 Å². The van der Waals surface area contributed by atoms with Crippen LogP contribution in [0.2, 0.25) is 0 Å². The van der Waals surface area contributed by atoms with Gasteiger partial charge in [0.25, 0.3) is 0 Å². The van der Waals surface area contributed by atoms with Crippen LogP contribution in [0.15, 0.2) is 0 Å². The highest BCUT2D eigenvalue weighted by Crippen LogP contribution is 2.26. The normalized spacial score (nSPS) is 27.9. The number of carbonyl (C=O) groups is 1. The topological polar surface area (TPSA) is 44.4 Å². The average Bonchev–Trinajstić information content (AvgIpc) is 2.42. The van der Waals surface area contributed by atoms with Gasteiger partial charge in [-0.05, 0) is 39.8 Å². The van der Waals surface area contributed by atoms with E-state index in [4.69, 9.17) is 0 Å². The Morgan fingerprint density at radius 3 is 2.50 bits per heavy atom. The Bertz CT molecular complexity index is 234. The highest BCUT2D eigenvalue weighted by molar-refractivity contribution is 5.78. The van der Waals surface area contributed by atoms with Crippen LogP contribution in [0.1, 0.15) is 26.7 Å². The number of nitrogens with zero attached hydrogens (tertiary/aromatic N) is 1. The molecule has 0 aromatic carbocycles. The molecule has 2 fully saturated rings. The molecule has 4 nitrogen and oxygen atoms in total. The lowest BCUT2D eigenvalue weighted by molar-refractivity contribution is 0.120. The van der Waals surface area contributed by atoms with Crippen LogP contribution >= 0.6 is 0 Å². The van der Waals surface area contributed by atoms with Crippen molar-refractivity contribution in [1.82, 2.24) is 15.5 Å². The lowest BCUT2D eigenvalue weighted by atomic mass is 9.98. The highest BCUT2D eigenvalue weighted by atomic mass is 16.2. The van der Waals surface area contributed by atoms with Crippen LogP contribution in [0.25, 0.3) is 0 Å². The van der Waals surface area contributed by atoms with Gasteiger partial charge in [-0.1, -0.05) is 0 Å². The van der Waals surface area contributed by atoms with E-state index in [2.05, 4.69) is 24.5 Å². The minimum Gasteiger partial charge on any atom is -0.336 e. The number of amides is 2. The predicted octanol–water partition coefficient (Wildman–Crippen LogP) is 0.542. The monoisotopic (exact) mass is 197 g/mol. The Morgan fingerprint density at radius 2 is 2.00 bits per heavy atom. The first kappa shape index (κ1) is 9.77. The first-order valence-corrected chi connectivity index (χ1v) is 5.39. The number of hydrogen-bond acceptors (Lipinski definition) is 2. The quantitative estimate of drug-likeness (QED) is 0.644. The molecular weight excluding hydrogens is 178 g/mol. The maximum atomic E-state index is 11.7. The van der Waals surface area contributed by atoms with Gasteiger partial charge in [-0.15, -0.1) is 0 Å². The molecule has 0 spiro atoms. The maximum absolute atomic E-state index is 11.7. The molecule has 2 N–H and O–H groups in total. The lowest BCUT2D eigenvalue weighted by Gasteiger charge is -2.39. The molecule has 14 heavy (non-hydrogen) atoms. The maximum Gasteiger partial charge on any atom is 0.318 e. The molecule has 80 valence electrons. The zero-order chi connectivity index (χ0) is 10.2. The Kier molecular flexibility index (Phi) is 2.39. The minimum atomic E-state index is -0.0148. The van der Waals surface area contributed by atoms with E-state index in [-0.39, 0.29) is 11.6 Å². The van der Waals surface area contributed by atoms with Crippen LogP contribution in [-0.2, 0) is 0 Å². The number of nitrogens with one attached hydrogen (secondary N) is 2. The van der Waals surface area contributed by atoms with Crippen molar-refractivity contribution in [2.24, 2.45) is 0 Å². The van der Waals surface area contributed by atoms with Crippen molar-refractivity contribution in [2.45, 2.75) is 38.3 Å². The van der Waals surface area contributed by atoms with Crippen molar-refractivity contribution in [3.05, 3.63) is 0 Å². The summed E-state index contributed by atoms with van der Waals surface area (Å²) in [6.45, 7) is 7.10. The number of piperidine rings is 1. The summed E-state index contributed by atoms with van der Waals surface area (Å²) in [4.78, 5) is 13.7. The van der Waals surface area contributed by atoms with Gasteiger partial charge in [-0.2, -0.15) is 0 Å². The summed E-state index contributed by atoms with van der Waals surface area (Å²) < 4.78 is 0. The van der Waals surface area contributed by atoms with E-state index in [0.717, 1.165) is 32.5 Å². The molecule has 0 aromatic heterocycles. The fourth-order valence-electron chi connectivity index (χ4n) is 2.46. The van der Waals surface area contributed by atoms with Crippen LogP contribution in [-0.4, -0.2) is 42.1 Å². The van der Waals surface area contributed by atoms with Crippen molar-refractivity contribution in [3.8, 4) is 0 Å². The van der Waals surface area contributed by atoms with Crippen LogP contribution < -0.4 is 10.6 Å². The number of urea groups is 1. The third-order valence-electron chi connectivity index (χ3n) is 3.22. The van der Waals surface area contributed by atoms with Crippen LogP contribution in [0.4, 0.5) is 4.79 Å². The van der Waals surface area contributed by atoms with Gasteiger partial charge in [0.2, 0.25) is 0 Å². The summed E-state index contributed by atoms with van der Waals surface area (Å²) in [5, 5.41) is 6.25. The number of rotatable bonds is 1. The van der Waals surface area contributed by atoms with Crippen molar-refractivity contribution in [2.75, 3.05) is 19.6 Å². The zero-order valence-electron chi connectivity index (χ0n) is 8.97. The van der Waals surface area contributed by atoms with Gasteiger partial charge in [0.15, 0.2) is 0 Å². The fourth-order valence-corrected chi connectivity index (χ4v) is 2.46. The van der Waals surface area contributed by atoms with Crippen molar-refractivity contribution in [1.29, 1.82) is 0 Å². The van der Waals surface area contributed by atoms with Crippen molar-refractivity contribution >= 4 is 6.03 Å². The molecule has 0 aliphatic carbocycles. The van der Waals surface area contributed by atoms with Gasteiger partial charge in [0, 0.05) is 12.6 Å². The lowest BCUT2D eigenvalue weighted by Crippen LogP contribution is -2.52. The van der Waals surface area contributed by atoms with Gasteiger partial charge >= 0.3 is 6.03 Å². The second kappa shape index (κ2) is 3.42. The van der Waals surface area contributed by atoms with Crippen LogP contribution in [0.3, 0.4) is 0 Å². The molecule has 0 bridgehead atoms. The Balaban J connectivity index is 2.10. The molecule has 2 amide bonds. The van der Waals surface area contributed by atoms with Gasteiger partial charge in [0.1, 0.15) is 0 Å². The SMILES string of the molecule is CC1(C)CNC(=O)N1C1CCNCC1. The van der Waals surface area contributed by atoms with E-state index in [1.54, 1.807) is 0 Å². The summed E-state index contributed by atoms with van der Waals surface area (Å²) in [6.07, 6.45) is 2.16. The zero-order valence-corrected chi connectivity index (χ0v) is 8.97. The van der Waals surface area contributed by atoms with Crippen molar-refractivity contribution in [3.63, 3.8) is 0 Å². The van der Waals surface area contributed by atoms with E-state index >= 15 is 0 Å². The van der Waals surface area contributed by atoms with Gasteiger partial charge in [-0.25, -0.2) is 4.79 Å². The van der Waals surface area contributed by atoms with E-state index in [1.165, 1.54) is 0 Å². The summed E-state index contributed by atoms with van der Waals surface area (Å²) in [6, 6.07) is 0.538. The van der Waals surface area contributed by atoms with Gasteiger partial charge in [0.05, 0.1) is 5.54 Å². The first-order valence-electron chi connectivity index (χ1n) is 5.39. The highest BCUT2D eigenvalue weighted by Gasteiger charge is 2.41. The largest absolute Gasteiger partial charge is 0.336 e. The summed E-state index contributed by atoms with van der Waals surface area (Å²) in [7, 11) is 0. The summed E-state index contributed by atoms with van der Waals surface area (Å²) >= 11 is 0. The molecule has 2 heterocycles. The molecule has 0 saturated carbocycles. The molecule has 2 aliphatic heterocycles. The van der Waals surface area contributed by atoms with E-state index in [1.807, 2.05) is 4.90 Å². The van der Waals surface area contributed by atoms with Crippen LogP contribution in [0, 0.1) is 0 Å². The second-order valence-corrected chi connectivity index (χ2v) is 4.82. The first-order chi connectivity index (χ1) is 6.61. The Morgan fingerprint density at radius 1 is 1.36 bits per heavy atom. The number of carbonyl (C=O) groups excluding carboxylic acids is 1. The third kappa shape index (κ3) is 1.59. The van der Waals surface area contributed by atoms with E-state index < -0.39 is 0 Å². The molecule has 4 heteroatoms. The molecule has 0 radical (unpaired) electrons. The molecule has 2 saturated heterocycles. The smallest absolute Gasteiger partial charge is 0.318 e. The molecular formula is C10H19N3O. The molecule has 2 aliphatic rings. The molecule has 2 rings (SSSR count). The van der Waals surface area contributed by atoms with E-state index in [0.29, 0.717) is 6.04 Å². The Labute approximate surface area is 85.0 Å². The predicted molar refractivity (Wildman–Crippen MR) is 55.2 cm³/mol. The third-order valence-corrected chi connectivity index (χ3v) is 3.22. The summed E-state index contributed by atoms with van der Waals surface area (Å²) in [5.41, 5.74) is -0.0148. The second-order valence-electron chi connectivity index (χ2n) is 4.82. The average molecular weight is 197 g/mol. The molecule has 0 atom stereocenters. The number of hydrogen-bond donors (Lipinski definition) is 2. The standard InChI is InChI=1S/C10H19N3O/c1-10(2)7-12-9(14)13(10)8-3-5-11-6-4-8/h8,11H,3-7H2,1-2H3,(H,12,14). The van der Waals surface area contributed by atoms with E-state index in [9.17, 15) is 4.79 Å². The van der Waals surface area contributed by atoms with Crippen LogP contribution in [0.5, 0.6) is 0 Å². The Hall–Kier alpha value is -0.770. The summed E-state index contributed by atoms with van der Waals surface area (Å²) in [5.74, 6) is 0. The fraction of sp³-hybridized carbons (Fsp3) is 0.900. The van der Waals surface area contributed by atoms with Crippen molar-refractivity contribution < 1.29 is 4.79 Å². The molecule has 0 aromatic rings. The molecule has 0 unspecified atom stereocenters. The minimum absolute atomic E-state index is 0.0148.